The van der Waals surface area contributed by atoms with Crippen molar-refractivity contribution in [1.29, 1.82) is 0 Å². The van der Waals surface area contributed by atoms with E-state index >= 15 is 0 Å². The number of hydrogen-bond donors (Lipinski definition) is 1. The molecule has 1 aliphatic heterocycles. The van der Waals surface area contributed by atoms with Crippen LogP contribution in [0.25, 0.3) is 0 Å². The second kappa shape index (κ2) is 9.12. The van der Waals surface area contributed by atoms with Crippen molar-refractivity contribution in [3.8, 4) is 5.75 Å². The first kappa shape index (κ1) is 20.9. The predicted octanol–water partition coefficient (Wildman–Crippen LogP) is 4.63. The number of carbonyl (C=O) groups is 2. The smallest absolute Gasteiger partial charge is 0.260 e. The van der Waals surface area contributed by atoms with Crippen LogP contribution in [0.1, 0.15) is 56.0 Å². The lowest BCUT2D eigenvalue weighted by Gasteiger charge is -2.26. The zero-order valence-corrected chi connectivity index (χ0v) is 17.5. The average Bonchev–Trinajstić information content (AvgIpc) is 2.73. The number of benzene rings is 2. The summed E-state index contributed by atoms with van der Waals surface area (Å²) in [5.41, 5.74) is 2.55. The lowest BCUT2D eigenvalue weighted by Crippen LogP contribution is -2.38. The minimum absolute atomic E-state index is 0.0285. The van der Waals surface area contributed by atoms with Gasteiger partial charge in [0.05, 0.1) is 0 Å². The minimum Gasteiger partial charge on any atom is -0.484 e. The van der Waals surface area contributed by atoms with Crippen LogP contribution in [-0.4, -0.2) is 36.4 Å². The van der Waals surface area contributed by atoms with Crippen molar-refractivity contribution in [2.24, 2.45) is 0 Å². The number of carbonyl (C=O) groups excluding carboxylic acids is 2. The first-order chi connectivity index (χ1) is 13.8. The Morgan fingerprint density at radius 2 is 1.55 bits per heavy atom. The summed E-state index contributed by atoms with van der Waals surface area (Å²) in [7, 11) is 0. The number of nitrogens with one attached hydrogen (secondary N) is 1. The van der Waals surface area contributed by atoms with Gasteiger partial charge >= 0.3 is 0 Å². The Morgan fingerprint density at radius 1 is 0.931 bits per heavy atom. The Labute approximate surface area is 173 Å². The molecule has 0 atom stereocenters. The van der Waals surface area contributed by atoms with Crippen molar-refractivity contribution < 1.29 is 14.3 Å². The molecule has 0 aromatic heterocycles. The second-order valence-electron chi connectivity index (χ2n) is 8.54. The third kappa shape index (κ3) is 5.83. The van der Waals surface area contributed by atoms with Crippen molar-refractivity contribution in [3.05, 3.63) is 59.7 Å². The van der Waals surface area contributed by atoms with Crippen LogP contribution >= 0.6 is 0 Å². The standard InChI is InChI=1S/C24H30N2O3/c1-24(2,3)19-9-7-18(8-10-19)23(28)25-20-11-13-21(14-12-20)29-17-22(27)26-15-5-4-6-16-26/h7-14H,4-6,15-17H2,1-3H3,(H,25,28). The van der Waals surface area contributed by atoms with Crippen LogP contribution in [0.15, 0.2) is 48.5 Å². The van der Waals surface area contributed by atoms with Gasteiger partial charge in [0, 0.05) is 24.3 Å². The van der Waals surface area contributed by atoms with Gasteiger partial charge in [0.25, 0.3) is 11.8 Å². The van der Waals surface area contributed by atoms with E-state index in [9.17, 15) is 9.59 Å². The van der Waals surface area contributed by atoms with Gasteiger partial charge in [-0.2, -0.15) is 0 Å². The molecule has 154 valence electrons. The first-order valence-corrected chi connectivity index (χ1v) is 10.3. The quantitative estimate of drug-likeness (QED) is 0.804. The fraction of sp³-hybridized carbons (Fsp3) is 0.417. The molecule has 5 nitrogen and oxygen atoms in total. The third-order valence-electron chi connectivity index (χ3n) is 5.20. The van der Waals surface area contributed by atoms with Gasteiger partial charge < -0.3 is 15.0 Å². The van der Waals surface area contributed by atoms with Gasteiger partial charge in [0.2, 0.25) is 0 Å². The number of rotatable bonds is 5. The highest BCUT2D eigenvalue weighted by Gasteiger charge is 2.17. The third-order valence-corrected chi connectivity index (χ3v) is 5.20. The van der Waals surface area contributed by atoms with Crippen molar-refractivity contribution in [2.45, 2.75) is 45.4 Å². The van der Waals surface area contributed by atoms with E-state index in [1.807, 2.05) is 29.2 Å². The van der Waals surface area contributed by atoms with Crippen LogP contribution in [0.2, 0.25) is 0 Å². The van der Waals surface area contributed by atoms with Crippen LogP contribution in [0, 0.1) is 0 Å². The minimum atomic E-state index is -0.153. The molecule has 2 aromatic rings. The molecule has 0 spiro atoms. The van der Waals surface area contributed by atoms with Crippen molar-refractivity contribution in [1.82, 2.24) is 4.90 Å². The summed E-state index contributed by atoms with van der Waals surface area (Å²) in [4.78, 5) is 26.5. The number of anilines is 1. The molecule has 0 saturated carbocycles. The molecule has 1 N–H and O–H groups in total. The van der Waals surface area contributed by atoms with E-state index in [1.54, 1.807) is 24.3 Å². The molecule has 2 aromatic carbocycles. The fourth-order valence-corrected chi connectivity index (χ4v) is 3.34. The Bertz CT molecular complexity index is 830. The van der Waals surface area contributed by atoms with E-state index < -0.39 is 0 Å². The van der Waals surface area contributed by atoms with E-state index in [4.69, 9.17) is 4.74 Å². The van der Waals surface area contributed by atoms with E-state index in [1.165, 1.54) is 12.0 Å². The van der Waals surface area contributed by atoms with E-state index in [-0.39, 0.29) is 23.8 Å². The Hall–Kier alpha value is -2.82. The SMILES string of the molecule is CC(C)(C)c1ccc(C(=O)Nc2ccc(OCC(=O)N3CCCCC3)cc2)cc1. The van der Waals surface area contributed by atoms with Gasteiger partial charge in [-0.15, -0.1) is 0 Å². The first-order valence-electron chi connectivity index (χ1n) is 10.3. The topological polar surface area (TPSA) is 58.6 Å². The molecule has 0 aliphatic carbocycles. The molecular weight excluding hydrogens is 364 g/mol. The second-order valence-corrected chi connectivity index (χ2v) is 8.54. The predicted molar refractivity (Wildman–Crippen MR) is 115 cm³/mol. The summed E-state index contributed by atoms with van der Waals surface area (Å²) in [5.74, 6) is 0.489. The average molecular weight is 395 g/mol. The number of piperidine rings is 1. The van der Waals surface area contributed by atoms with Gasteiger partial charge in [-0.3, -0.25) is 9.59 Å². The monoisotopic (exact) mass is 394 g/mol. The molecule has 1 fully saturated rings. The van der Waals surface area contributed by atoms with Crippen molar-refractivity contribution in [3.63, 3.8) is 0 Å². The van der Waals surface area contributed by atoms with Crippen LogP contribution in [-0.2, 0) is 10.2 Å². The lowest BCUT2D eigenvalue weighted by atomic mass is 9.87. The van der Waals surface area contributed by atoms with Gasteiger partial charge in [-0.1, -0.05) is 32.9 Å². The van der Waals surface area contributed by atoms with Crippen LogP contribution in [0.5, 0.6) is 5.75 Å². The summed E-state index contributed by atoms with van der Waals surface area (Å²) in [6.45, 7) is 8.13. The number of ether oxygens (including phenoxy) is 1. The van der Waals surface area contributed by atoms with Gasteiger partial charge in [0.1, 0.15) is 5.75 Å². The summed E-state index contributed by atoms with van der Waals surface area (Å²) in [5, 5.41) is 2.89. The maximum Gasteiger partial charge on any atom is 0.260 e. The molecule has 5 heteroatoms. The molecule has 3 rings (SSSR count). The van der Waals surface area contributed by atoms with Gasteiger partial charge in [-0.25, -0.2) is 0 Å². The largest absolute Gasteiger partial charge is 0.484 e. The maximum atomic E-state index is 12.5. The van der Waals surface area contributed by atoms with E-state index in [0.717, 1.165) is 25.9 Å². The zero-order valence-electron chi connectivity index (χ0n) is 17.5. The van der Waals surface area contributed by atoms with E-state index in [2.05, 4.69) is 26.1 Å². The zero-order chi connectivity index (χ0) is 20.9. The molecule has 0 radical (unpaired) electrons. The molecule has 1 saturated heterocycles. The Balaban J connectivity index is 1.52. The summed E-state index contributed by atoms with van der Waals surface area (Å²) in [6.07, 6.45) is 3.33. The summed E-state index contributed by atoms with van der Waals surface area (Å²) < 4.78 is 5.61. The van der Waals surface area contributed by atoms with Crippen molar-refractivity contribution >= 4 is 17.5 Å². The number of nitrogens with zero attached hydrogens (tertiary/aromatic N) is 1. The Kier molecular flexibility index (Phi) is 6.57. The highest BCUT2D eigenvalue weighted by molar-refractivity contribution is 6.04. The molecule has 1 heterocycles. The molecular formula is C24H30N2O3. The number of hydrogen-bond acceptors (Lipinski definition) is 3. The maximum absolute atomic E-state index is 12.5. The highest BCUT2D eigenvalue weighted by atomic mass is 16.5. The van der Waals surface area contributed by atoms with Crippen molar-refractivity contribution in [2.75, 3.05) is 25.0 Å². The van der Waals surface area contributed by atoms with E-state index in [0.29, 0.717) is 17.0 Å². The fourth-order valence-electron chi connectivity index (χ4n) is 3.34. The van der Waals surface area contributed by atoms with Crippen LogP contribution < -0.4 is 10.1 Å². The highest BCUT2D eigenvalue weighted by Crippen LogP contribution is 2.23. The molecule has 2 amide bonds. The van der Waals surface area contributed by atoms with Crippen LogP contribution in [0.3, 0.4) is 0 Å². The van der Waals surface area contributed by atoms with Crippen LogP contribution in [0.4, 0.5) is 5.69 Å². The number of likely N-dealkylation sites (tertiary alicyclic amines) is 1. The molecule has 29 heavy (non-hydrogen) atoms. The normalized spacial score (nSPS) is 14.4. The molecule has 1 aliphatic rings. The lowest BCUT2D eigenvalue weighted by molar-refractivity contribution is -0.134. The molecule has 0 bridgehead atoms. The number of amides is 2. The molecule has 0 unspecified atom stereocenters. The summed E-state index contributed by atoms with van der Waals surface area (Å²) in [6, 6.07) is 14.8. The Morgan fingerprint density at radius 3 is 2.14 bits per heavy atom. The van der Waals surface area contributed by atoms with Gasteiger partial charge in [0.15, 0.2) is 6.61 Å². The van der Waals surface area contributed by atoms with Gasteiger partial charge in [-0.05, 0) is 66.6 Å². The summed E-state index contributed by atoms with van der Waals surface area (Å²) >= 11 is 0.